The molecule has 2 heteroatoms. The third-order valence-electron chi connectivity index (χ3n) is 4.48. The van der Waals surface area contributed by atoms with Crippen molar-refractivity contribution < 1.29 is 4.57 Å². The Bertz CT molecular complexity index is 677. The molecule has 0 heterocycles. The first-order chi connectivity index (χ1) is 10.8. The van der Waals surface area contributed by atoms with Crippen molar-refractivity contribution in [1.82, 2.24) is 0 Å². The fourth-order valence-electron chi connectivity index (χ4n) is 3.07. The van der Waals surface area contributed by atoms with E-state index in [1.54, 1.807) is 0 Å². The monoisotopic (exact) mass is 310 g/mol. The molecule has 0 saturated heterocycles. The van der Waals surface area contributed by atoms with Crippen LogP contribution in [-0.2, 0) is 4.57 Å². The van der Waals surface area contributed by atoms with Gasteiger partial charge in [-0.2, -0.15) is 0 Å². The van der Waals surface area contributed by atoms with Crippen LogP contribution in [0.15, 0.2) is 77.9 Å². The van der Waals surface area contributed by atoms with Gasteiger partial charge in [-0.05, 0) is 25.7 Å². The third-order valence-corrected chi connectivity index (χ3v) is 7.61. The van der Waals surface area contributed by atoms with Crippen LogP contribution in [-0.4, -0.2) is 12.3 Å². The molecular weight excluding hydrogens is 287 g/mol. The summed E-state index contributed by atoms with van der Waals surface area (Å²) < 4.78 is 13.6. The summed E-state index contributed by atoms with van der Waals surface area (Å²) in [5.41, 5.74) is 2.76. The Labute approximate surface area is 133 Å². The summed E-state index contributed by atoms with van der Waals surface area (Å²) in [5.74, 6) is 0. The van der Waals surface area contributed by atoms with Crippen LogP contribution in [0.4, 0.5) is 0 Å². The van der Waals surface area contributed by atoms with E-state index in [-0.39, 0.29) is 0 Å². The summed E-state index contributed by atoms with van der Waals surface area (Å²) in [6, 6.07) is 10.1. The van der Waals surface area contributed by atoms with Crippen molar-refractivity contribution >= 4 is 12.4 Å². The lowest BCUT2D eigenvalue weighted by Crippen LogP contribution is -2.11. The third kappa shape index (κ3) is 3.78. The van der Waals surface area contributed by atoms with E-state index in [4.69, 9.17) is 0 Å². The van der Waals surface area contributed by atoms with Crippen molar-refractivity contribution in [2.24, 2.45) is 0 Å². The Morgan fingerprint density at radius 3 is 2.50 bits per heavy atom. The standard InChI is InChI=1S/C20H23OP/c21-22(20-12-2-1-3-13-20,16-14-18-8-4-5-9-18)17-15-19-10-6-7-11-19/h1-6,8,10-13H,7,9,14-17H2. The molecule has 2 aliphatic rings. The normalized spacial score (nSPS) is 19.1. The maximum atomic E-state index is 13.6. The molecular formula is C20H23OP. The molecule has 0 aliphatic heterocycles. The smallest absolute Gasteiger partial charge is 0.116 e. The molecule has 3 rings (SSSR count). The minimum atomic E-state index is -2.32. The second-order valence-corrected chi connectivity index (χ2v) is 9.24. The van der Waals surface area contributed by atoms with E-state index < -0.39 is 7.14 Å². The highest BCUT2D eigenvalue weighted by molar-refractivity contribution is 7.71. The second kappa shape index (κ2) is 7.11. The molecule has 0 amide bonds. The number of hydrogen-bond acceptors (Lipinski definition) is 1. The quantitative estimate of drug-likeness (QED) is 0.630. The van der Waals surface area contributed by atoms with Crippen molar-refractivity contribution in [2.45, 2.75) is 25.7 Å². The van der Waals surface area contributed by atoms with E-state index in [2.05, 4.69) is 36.5 Å². The van der Waals surface area contributed by atoms with Crippen LogP contribution >= 0.6 is 7.14 Å². The number of benzene rings is 1. The van der Waals surface area contributed by atoms with Crippen LogP contribution in [0.2, 0.25) is 0 Å². The first kappa shape index (κ1) is 15.3. The lowest BCUT2D eigenvalue weighted by Gasteiger charge is -2.19. The topological polar surface area (TPSA) is 17.1 Å². The molecule has 22 heavy (non-hydrogen) atoms. The van der Waals surface area contributed by atoms with Crippen LogP contribution in [0, 0.1) is 0 Å². The molecule has 2 aliphatic carbocycles. The molecule has 1 aromatic rings. The van der Waals surface area contributed by atoms with E-state index >= 15 is 0 Å². The molecule has 0 N–H and O–H groups in total. The van der Waals surface area contributed by atoms with Gasteiger partial charge in [-0.3, -0.25) is 0 Å². The molecule has 0 spiro atoms. The van der Waals surface area contributed by atoms with E-state index in [9.17, 15) is 4.57 Å². The summed E-state index contributed by atoms with van der Waals surface area (Å²) in [6.45, 7) is 0. The Morgan fingerprint density at radius 1 is 1.00 bits per heavy atom. The van der Waals surface area contributed by atoms with E-state index in [0.717, 1.165) is 43.3 Å². The van der Waals surface area contributed by atoms with Gasteiger partial charge in [0.15, 0.2) is 0 Å². The zero-order chi connectivity index (χ0) is 15.3. The molecule has 0 saturated carbocycles. The lowest BCUT2D eigenvalue weighted by molar-refractivity contribution is 0.580. The van der Waals surface area contributed by atoms with Gasteiger partial charge in [-0.1, -0.05) is 77.9 Å². The maximum absolute atomic E-state index is 13.6. The zero-order valence-electron chi connectivity index (χ0n) is 12.9. The Hall–Kier alpha value is -1.59. The highest BCUT2D eigenvalue weighted by Crippen LogP contribution is 2.47. The predicted molar refractivity (Wildman–Crippen MR) is 96.3 cm³/mol. The van der Waals surface area contributed by atoms with Crippen molar-refractivity contribution in [3.8, 4) is 0 Å². The minimum Gasteiger partial charge on any atom is -0.319 e. The molecule has 114 valence electrons. The second-order valence-electron chi connectivity index (χ2n) is 6.05. The van der Waals surface area contributed by atoms with Gasteiger partial charge in [0.1, 0.15) is 7.14 Å². The fraction of sp³-hybridized carbons (Fsp3) is 0.300. The summed E-state index contributed by atoms with van der Waals surface area (Å²) in [6.07, 6.45) is 18.6. The molecule has 1 unspecified atom stereocenters. The van der Waals surface area contributed by atoms with Crippen molar-refractivity contribution in [3.05, 3.63) is 77.9 Å². The lowest BCUT2D eigenvalue weighted by atomic mass is 10.2. The van der Waals surface area contributed by atoms with Gasteiger partial charge in [0, 0.05) is 17.6 Å². The minimum absolute atomic E-state index is 0.786. The van der Waals surface area contributed by atoms with Crippen LogP contribution in [0.25, 0.3) is 0 Å². The molecule has 0 radical (unpaired) electrons. The van der Waals surface area contributed by atoms with E-state index in [1.165, 1.54) is 11.1 Å². The first-order valence-electron chi connectivity index (χ1n) is 8.10. The number of allylic oxidation sites excluding steroid dienone is 8. The molecule has 0 aromatic heterocycles. The average Bonchev–Trinajstić information content (AvgIpc) is 3.25. The highest BCUT2D eigenvalue weighted by Gasteiger charge is 2.24. The van der Waals surface area contributed by atoms with Gasteiger partial charge in [0.2, 0.25) is 0 Å². The van der Waals surface area contributed by atoms with Gasteiger partial charge in [0.25, 0.3) is 0 Å². The molecule has 1 nitrogen and oxygen atoms in total. The van der Waals surface area contributed by atoms with Crippen LogP contribution in [0.1, 0.15) is 25.7 Å². The SMILES string of the molecule is O=P(CCC1=CCC=C1)(CCC1=CC=CC1)c1ccccc1. The molecule has 0 fully saturated rings. The summed E-state index contributed by atoms with van der Waals surface area (Å²) in [7, 11) is -2.32. The van der Waals surface area contributed by atoms with Crippen LogP contribution in [0.3, 0.4) is 0 Å². The van der Waals surface area contributed by atoms with Gasteiger partial charge >= 0.3 is 0 Å². The van der Waals surface area contributed by atoms with Crippen molar-refractivity contribution in [1.29, 1.82) is 0 Å². The van der Waals surface area contributed by atoms with E-state index in [1.807, 2.05) is 30.3 Å². The Balaban J connectivity index is 1.72. The maximum Gasteiger partial charge on any atom is 0.116 e. The van der Waals surface area contributed by atoms with Crippen molar-refractivity contribution in [3.63, 3.8) is 0 Å². The zero-order valence-corrected chi connectivity index (χ0v) is 13.8. The Kier molecular flexibility index (Phi) is 4.95. The summed E-state index contributed by atoms with van der Waals surface area (Å²) in [4.78, 5) is 0. The predicted octanol–water partition coefficient (Wildman–Crippen LogP) is 5.23. The largest absolute Gasteiger partial charge is 0.319 e. The average molecular weight is 310 g/mol. The number of rotatable bonds is 7. The molecule has 1 aromatic carbocycles. The first-order valence-corrected chi connectivity index (χ1v) is 10.2. The van der Waals surface area contributed by atoms with Crippen LogP contribution in [0.5, 0.6) is 0 Å². The highest BCUT2D eigenvalue weighted by atomic mass is 31.2. The molecule has 1 atom stereocenters. The van der Waals surface area contributed by atoms with Crippen LogP contribution < -0.4 is 5.30 Å². The van der Waals surface area contributed by atoms with Gasteiger partial charge in [-0.25, -0.2) is 0 Å². The van der Waals surface area contributed by atoms with Gasteiger partial charge < -0.3 is 4.57 Å². The Morgan fingerprint density at radius 2 is 1.82 bits per heavy atom. The molecule has 0 bridgehead atoms. The summed E-state index contributed by atoms with van der Waals surface area (Å²) in [5, 5.41) is 1.05. The summed E-state index contributed by atoms with van der Waals surface area (Å²) >= 11 is 0. The van der Waals surface area contributed by atoms with E-state index in [0.29, 0.717) is 0 Å². The van der Waals surface area contributed by atoms with Gasteiger partial charge in [0.05, 0.1) is 0 Å². The van der Waals surface area contributed by atoms with Crippen molar-refractivity contribution in [2.75, 3.05) is 12.3 Å². The van der Waals surface area contributed by atoms with Gasteiger partial charge in [-0.15, -0.1) is 0 Å². The fourth-order valence-corrected chi connectivity index (χ4v) is 5.80. The number of hydrogen-bond donors (Lipinski definition) is 0.